The highest BCUT2D eigenvalue weighted by molar-refractivity contribution is 6.11. The number of carbonyl (C=O) groups is 1. The summed E-state index contributed by atoms with van der Waals surface area (Å²) in [6, 6.07) is 14.8. The molecule has 0 saturated heterocycles. The highest BCUT2D eigenvalue weighted by atomic mass is 16.2. The number of pyridine rings is 2. The molecule has 1 aliphatic rings. The molecule has 0 aliphatic heterocycles. The van der Waals surface area contributed by atoms with Crippen molar-refractivity contribution in [1.29, 1.82) is 0 Å². The van der Waals surface area contributed by atoms with E-state index in [9.17, 15) is 14.4 Å². The zero-order chi connectivity index (χ0) is 22.9. The van der Waals surface area contributed by atoms with Crippen LogP contribution in [0.2, 0.25) is 0 Å². The first-order chi connectivity index (χ1) is 16.0. The molecule has 1 aromatic carbocycles. The number of nitrogens with one attached hydrogen (secondary N) is 3. The highest BCUT2D eigenvalue weighted by Crippen LogP contribution is 2.40. The van der Waals surface area contributed by atoms with Gasteiger partial charge in [-0.15, -0.1) is 0 Å². The topological polar surface area (TPSA) is 122 Å². The fourth-order valence-electron chi connectivity index (χ4n) is 3.76. The molecule has 1 saturated carbocycles. The van der Waals surface area contributed by atoms with Crippen LogP contribution in [0.25, 0.3) is 11.0 Å². The molecule has 3 N–H and O–H groups in total. The number of para-hydroxylation sites is 1. The Morgan fingerprint density at radius 2 is 1.91 bits per heavy atom. The molecule has 0 spiro atoms. The molecule has 0 atom stereocenters. The van der Waals surface area contributed by atoms with Crippen LogP contribution in [0, 0.1) is 0 Å². The number of carbonyl (C=O) groups excluding carboxylic acids is 1. The number of hydrogen-bond acceptors (Lipinski definition) is 6. The number of fused-ring (bicyclic) bond motifs is 1. The van der Waals surface area contributed by atoms with Gasteiger partial charge in [-0.25, -0.2) is 14.8 Å². The van der Waals surface area contributed by atoms with Gasteiger partial charge in [-0.2, -0.15) is 0 Å². The molecule has 0 radical (unpaired) electrons. The van der Waals surface area contributed by atoms with Crippen molar-refractivity contribution in [3.63, 3.8) is 0 Å². The Morgan fingerprint density at radius 1 is 1.12 bits per heavy atom. The minimum atomic E-state index is -0.625. The molecule has 33 heavy (non-hydrogen) atoms. The quantitative estimate of drug-likeness (QED) is 0.421. The lowest BCUT2D eigenvalue weighted by atomic mass is 10.1. The summed E-state index contributed by atoms with van der Waals surface area (Å²) in [6.07, 6.45) is 3.48. The van der Waals surface area contributed by atoms with Crippen molar-refractivity contribution in [1.82, 2.24) is 19.5 Å². The molecule has 166 valence electrons. The molecule has 1 amide bonds. The van der Waals surface area contributed by atoms with Gasteiger partial charge in [0.05, 0.1) is 22.8 Å². The number of anilines is 3. The smallest absolute Gasteiger partial charge is 0.329 e. The summed E-state index contributed by atoms with van der Waals surface area (Å²) in [5.41, 5.74) is 1.38. The normalized spacial score (nSPS) is 13.1. The molecule has 3 heterocycles. The van der Waals surface area contributed by atoms with Gasteiger partial charge in [0.25, 0.3) is 11.5 Å². The van der Waals surface area contributed by atoms with E-state index in [4.69, 9.17) is 0 Å². The van der Waals surface area contributed by atoms with E-state index in [1.165, 1.54) is 4.57 Å². The molecule has 5 rings (SSSR count). The Labute approximate surface area is 188 Å². The van der Waals surface area contributed by atoms with Gasteiger partial charge < -0.3 is 10.6 Å². The summed E-state index contributed by atoms with van der Waals surface area (Å²) in [4.78, 5) is 49.3. The predicted octanol–water partition coefficient (Wildman–Crippen LogP) is 3.37. The maximum Gasteiger partial charge on any atom is 0.329 e. The number of aryl methyl sites for hydroxylation is 1. The Bertz CT molecular complexity index is 1450. The van der Waals surface area contributed by atoms with Crippen LogP contribution in [-0.4, -0.2) is 25.4 Å². The molecule has 1 fully saturated rings. The highest BCUT2D eigenvalue weighted by Gasteiger charge is 2.28. The molecular formula is C24H22N6O3. The average Bonchev–Trinajstić information content (AvgIpc) is 3.66. The minimum Gasteiger partial charge on any atom is -0.340 e. The van der Waals surface area contributed by atoms with Crippen LogP contribution in [0.4, 0.5) is 17.2 Å². The van der Waals surface area contributed by atoms with Crippen molar-refractivity contribution < 1.29 is 4.79 Å². The number of aromatic nitrogens is 4. The Morgan fingerprint density at radius 3 is 2.58 bits per heavy atom. The Kier molecular flexibility index (Phi) is 5.21. The number of amides is 1. The standard InChI is InChI=1S/C24H22N6O3/c1-2-30-21-20(23(32)29-24(30)33)17(12-18(28-21)14-8-9-14)22(31)27-16-10-11-19(25-13-16)26-15-6-4-3-5-7-15/h3-7,10-14H,2,8-9H2,1H3,(H,25,26)(H,27,31)(H,29,32,33). The first-order valence-electron chi connectivity index (χ1n) is 10.8. The zero-order valence-electron chi connectivity index (χ0n) is 18.0. The summed E-state index contributed by atoms with van der Waals surface area (Å²) in [7, 11) is 0. The summed E-state index contributed by atoms with van der Waals surface area (Å²) in [6.45, 7) is 2.12. The van der Waals surface area contributed by atoms with Crippen molar-refractivity contribution >= 4 is 34.1 Å². The van der Waals surface area contributed by atoms with E-state index >= 15 is 0 Å². The minimum absolute atomic E-state index is 0.105. The lowest BCUT2D eigenvalue weighted by molar-refractivity contribution is 0.102. The third-order valence-corrected chi connectivity index (χ3v) is 5.59. The fourth-order valence-corrected chi connectivity index (χ4v) is 3.76. The van der Waals surface area contributed by atoms with E-state index in [0.717, 1.165) is 24.2 Å². The lowest BCUT2D eigenvalue weighted by Gasteiger charge is -2.13. The van der Waals surface area contributed by atoms with Gasteiger partial charge in [-0.1, -0.05) is 18.2 Å². The molecule has 0 bridgehead atoms. The largest absolute Gasteiger partial charge is 0.340 e. The van der Waals surface area contributed by atoms with E-state index in [1.807, 2.05) is 30.3 Å². The van der Waals surface area contributed by atoms with Gasteiger partial charge in [-0.3, -0.25) is 19.1 Å². The summed E-state index contributed by atoms with van der Waals surface area (Å²) >= 11 is 0. The summed E-state index contributed by atoms with van der Waals surface area (Å²) in [5, 5.41) is 6.10. The van der Waals surface area contributed by atoms with Crippen molar-refractivity contribution in [2.45, 2.75) is 32.2 Å². The van der Waals surface area contributed by atoms with Gasteiger partial charge in [0.15, 0.2) is 5.65 Å². The van der Waals surface area contributed by atoms with Crippen LogP contribution in [0.3, 0.4) is 0 Å². The maximum atomic E-state index is 13.2. The van der Waals surface area contributed by atoms with Gasteiger partial charge >= 0.3 is 5.69 Å². The van der Waals surface area contributed by atoms with Crippen LogP contribution in [-0.2, 0) is 6.54 Å². The molecule has 4 aromatic rings. The Hall–Kier alpha value is -4.27. The predicted molar refractivity (Wildman–Crippen MR) is 126 cm³/mol. The lowest BCUT2D eigenvalue weighted by Crippen LogP contribution is -2.32. The van der Waals surface area contributed by atoms with Gasteiger partial charge in [0, 0.05) is 23.8 Å². The zero-order valence-corrected chi connectivity index (χ0v) is 18.0. The van der Waals surface area contributed by atoms with Crippen molar-refractivity contribution in [3.05, 3.63) is 86.8 Å². The number of aromatic amines is 1. The molecular weight excluding hydrogens is 420 g/mol. The van der Waals surface area contributed by atoms with E-state index in [0.29, 0.717) is 18.1 Å². The Balaban J connectivity index is 1.48. The number of benzene rings is 1. The number of hydrogen-bond donors (Lipinski definition) is 3. The number of nitrogens with zero attached hydrogens (tertiary/aromatic N) is 3. The third-order valence-electron chi connectivity index (χ3n) is 5.59. The molecule has 9 heteroatoms. The van der Waals surface area contributed by atoms with E-state index in [2.05, 4.69) is 25.6 Å². The third kappa shape index (κ3) is 4.12. The molecule has 9 nitrogen and oxygen atoms in total. The van der Waals surface area contributed by atoms with Gasteiger partial charge in [0.2, 0.25) is 0 Å². The van der Waals surface area contributed by atoms with Crippen LogP contribution < -0.4 is 21.9 Å². The van der Waals surface area contributed by atoms with Crippen LogP contribution in [0.15, 0.2) is 64.3 Å². The first kappa shape index (κ1) is 20.6. The van der Waals surface area contributed by atoms with Crippen molar-refractivity contribution in [3.8, 4) is 0 Å². The second kappa shape index (κ2) is 8.34. The summed E-state index contributed by atoms with van der Waals surface area (Å²) in [5.74, 6) is 0.417. The molecule has 0 unspecified atom stereocenters. The van der Waals surface area contributed by atoms with Crippen molar-refractivity contribution in [2.75, 3.05) is 10.6 Å². The second-order valence-electron chi connectivity index (χ2n) is 7.95. The number of rotatable bonds is 6. The van der Waals surface area contributed by atoms with Crippen LogP contribution in [0.5, 0.6) is 0 Å². The van der Waals surface area contributed by atoms with Crippen LogP contribution >= 0.6 is 0 Å². The van der Waals surface area contributed by atoms with Gasteiger partial charge in [-0.05, 0) is 50.1 Å². The van der Waals surface area contributed by atoms with E-state index in [1.54, 1.807) is 31.3 Å². The van der Waals surface area contributed by atoms with Crippen molar-refractivity contribution in [2.24, 2.45) is 0 Å². The second-order valence-corrected chi connectivity index (χ2v) is 7.95. The SMILES string of the molecule is CCn1c(=O)[nH]c(=O)c2c(C(=O)Nc3ccc(Nc4ccccc4)nc3)cc(C3CC3)nc21. The average molecular weight is 442 g/mol. The number of H-pyrrole nitrogens is 1. The monoisotopic (exact) mass is 442 g/mol. The summed E-state index contributed by atoms with van der Waals surface area (Å²) < 4.78 is 1.38. The maximum absolute atomic E-state index is 13.2. The fraction of sp³-hybridized carbons (Fsp3) is 0.208. The van der Waals surface area contributed by atoms with Gasteiger partial charge in [0.1, 0.15) is 5.82 Å². The van der Waals surface area contributed by atoms with E-state index in [-0.39, 0.29) is 22.5 Å². The first-order valence-corrected chi connectivity index (χ1v) is 10.8. The van der Waals surface area contributed by atoms with E-state index < -0.39 is 17.2 Å². The van der Waals surface area contributed by atoms with Crippen LogP contribution in [0.1, 0.15) is 41.7 Å². The molecule has 1 aliphatic carbocycles. The molecule has 3 aromatic heterocycles.